The predicted molar refractivity (Wildman–Crippen MR) is 47.9 cm³/mol. The van der Waals surface area contributed by atoms with Gasteiger partial charge in [-0.05, 0) is 5.92 Å². The highest BCUT2D eigenvalue weighted by molar-refractivity contribution is 5.90. The van der Waals surface area contributed by atoms with E-state index < -0.39 is 0 Å². The molecule has 80 valence electrons. The molecular formula is C9H15NO4. The van der Waals surface area contributed by atoms with Gasteiger partial charge in [0.05, 0.1) is 26.1 Å². The Morgan fingerprint density at radius 2 is 1.79 bits per heavy atom. The molecule has 1 fully saturated rings. The van der Waals surface area contributed by atoms with Crippen LogP contribution in [0.3, 0.4) is 0 Å². The summed E-state index contributed by atoms with van der Waals surface area (Å²) in [7, 11) is 4.27. The molecule has 3 atom stereocenters. The molecule has 0 aliphatic heterocycles. The summed E-state index contributed by atoms with van der Waals surface area (Å²) in [5.41, 5.74) is 0. The number of methoxy groups -OCH3 is 1. The molecule has 0 N–H and O–H groups in total. The Morgan fingerprint density at radius 1 is 1.21 bits per heavy atom. The molecule has 0 aromatic rings. The molecule has 1 aliphatic rings. The number of carbonyl (C=O) groups is 2. The molecule has 3 unspecified atom stereocenters. The molecule has 1 rings (SSSR count). The normalized spacial score (nSPS) is 29.6. The van der Waals surface area contributed by atoms with Crippen molar-refractivity contribution < 1.29 is 19.2 Å². The second-order valence-electron chi connectivity index (χ2n) is 3.45. The first-order valence-electron chi connectivity index (χ1n) is 4.44. The van der Waals surface area contributed by atoms with E-state index in [1.807, 2.05) is 6.92 Å². The molecule has 0 bridgehead atoms. The van der Waals surface area contributed by atoms with Crippen molar-refractivity contribution in [3.63, 3.8) is 0 Å². The molecule has 0 aromatic carbocycles. The van der Waals surface area contributed by atoms with Gasteiger partial charge < -0.3 is 4.74 Å². The molecule has 1 saturated carbocycles. The average molecular weight is 201 g/mol. The summed E-state index contributed by atoms with van der Waals surface area (Å²) in [6.45, 7) is 1.85. The number of hydroxylamine groups is 2. The third-order valence-corrected chi connectivity index (χ3v) is 2.72. The maximum Gasteiger partial charge on any atom is 0.309 e. The largest absolute Gasteiger partial charge is 0.469 e. The maximum absolute atomic E-state index is 11.6. The zero-order valence-electron chi connectivity index (χ0n) is 8.81. The van der Waals surface area contributed by atoms with E-state index in [1.165, 1.54) is 21.3 Å². The van der Waals surface area contributed by atoms with Crippen LogP contribution in [0.2, 0.25) is 0 Å². The van der Waals surface area contributed by atoms with Gasteiger partial charge >= 0.3 is 5.97 Å². The SMILES string of the molecule is COC(=O)C1C(C)C1C(=O)N(C)OC. The Morgan fingerprint density at radius 3 is 2.21 bits per heavy atom. The van der Waals surface area contributed by atoms with Crippen LogP contribution < -0.4 is 0 Å². The molecule has 0 radical (unpaired) electrons. The predicted octanol–water partition coefficient (Wildman–Crippen LogP) is 0.0613. The zero-order valence-corrected chi connectivity index (χ0v) is 8.81. The van der Waals surface area contributed by atoms with Crippen LogP contribution in [-0.2, 0) is 19.2 Å². The van der Waals surface area contributed by atoms with E-state index in [0.29, 0.717) is 0 Å². The Kier molecular flexibility index (Phi) is 3.10. The maximum atomic E-state index is 11.6. The number of rotatable bonds is 3. The lowest BCUT2D eigenvalue weighted by atomic mass is 10.3. The Bertz CT molecular complexity index is 253. The standard InChI is InChI=1S/C9H15NO4/c1-5-6(7(5)9(12)13-3)8(11)10(2)14-4/h5-7H,1-4H3. The van der Waals surface area contributed by atoms with Gasteiger partial charge in [-0.1, -0.05) is 6.92 Å². The third kappa shape index (κ3) is 1.72. The highest BCUT2D eigenvalue weighted by Gasteiger charge is 2.57. The molecule has 14 heavy (non-hydrogen) atoms. The molecular weight excluding hydrogens is 186 g/mol. The van der Waals surface area contributed by atoms with Gasteiger partial charge in [0.2, 0.25) is 5.91 Å². The van der Waals surface area contributed by atoms with Gasteiger partial charge in [0.15, 0.2) is 0 Å². The molecule has 0 aromatic heterocycles. The smallest absolute Gasteiger partial charge is 0.309 e. The minimum absolute atomic E-state index is 0.0487. The lowest BCUT2D eigenvalue weighted by molar-refractivity contribution is -0.171. The number of amides is 1. The molecule has 5 heteroatoms. The number of ether oxygens (including phenoxy) is 1. The Balaban J connectivity index is 2.57. The molecule has 1 amide bonds. The third-order valence-electron chi connectivity index (χ3n) is 2.72. The summed E-state index contributed by atoms with van der Waals surface area (Å²) >= 11 is 0. The lowest BCUT2D eigenvalue weighted by Crippen LogP contribution is -2.28. The lowest BCUT2D eigenvalue weighted by Gasteiger charge is -2.12. The first-order chi connectivity index (χ1) is 6.54. The first-order valence-corrected chi connectivity index (χ1v) is 4.44. The monoisotopic (exact) mass is 201 g/mol. The van der Waals surface area contributed by atoms with Crippen molar-refractivity contribution in [1.29, 1.82) is 0 Å². The van der Waals surface area contributed by atoms with Gasteiger partial charge in [-0.3, -0.25) is 14.4 Å². The Hall–Kier alpha value is -1.10. The van der Waals surface area contributed by atoms with Crippen LogP contribution in [0.1, 0.15) is 6.92 Å². The van der Waals surface area contributed by atoms with Crippen LogP contribution in [0.15, 0.2) is 0 Å². The van der Waals surface area contributed by atoms with Gasteiger partial charge in [0.1, 0.15) is 0 Å². The average Bonchev–Trinajstić information content (AvgIpc) is 2.86. The quantitative estimate of drug-likeness (QED) is 0.478. The number of nitrogens with zero attached hydrogens (tertiary/aromatic N) is 1. The van der Waals surface area contributed by atoms with E-state index in [1.54, 1.807) is 0 Å². The number of carbonyl (C=O) groups excluding carboxylic acids is 2. The molecule has 1 aliphatic carbocycles. The fraction of sp³-hybridized carbons (Fsp3) is 0.778. The highest BCUT2D eigenvalue weighted by atomic mass is 16.7. The summed E-state index contributed by atoms with van der Waals surface area (Å²) in [6, 6.07) is 0. The summed E-state index contributed by atoms with van der Waals surface area (Å²) in [5, 5.41) is 1.14. The van der Waals surface area contributed by atoms with E-state index in [2.05, 4.69) is 4.74 Å². The number of esters is 1. The second kappa shape index (κ2) is 3.96. The van der Waals surface area contributed by atoms with Crippen LogP contribution in [0.4, 0.5) is 0 Å². The number of hydrogen-bond acceptors (Lipinski definition) is 4. The van der Waals surface area contributed by atoms with Gasteiger partial charge in [-0.15, -0.1) is 0 Å². The first kappa shape index (κ1) is 11.0. The van der Waals surface area contributed by atoms with Crippen molar-refractivity contribution in [2.45, 2.75) is 6.92 Å². The summed E-state index contributed by atoms with van der Waals surface area (Å²) in [5.74, 6) is -1.03. The fourth-order valence-electron chi connectivity index (χ4n) is 1.64. The van der Waals surface area contributed by atoms with Gasteiger partial charge in [-0.2, -0.15) is 0 Å². The topological polar surface area (TPSA) is 55.8 Å². The van der Waals surface area contributed by atoms with E-state index in [4.69, 9.17) is 4.84 Å². The minimum Gasteiger partial charge on any atom is -0.469 e. The van der Waals surface area contributed by atoms with Crippen molar-refractivity contribution in [1.82, 2.24) is 5.06 Å². The highest BCUT2D eigenvalue weighted by Crippen LogP contribution is 2.47. The summed E-state index contributed by atoms with van der Waals surface area (Å²) < 4.78 is 4.59. The van der Waals surface area contributed by atoms with Crippen molar-refractivity contribution in [2.24, 2.45) is 17.8 Å². The minimum atomic E-state index is -0.319. The van der Waals surface area contributed by atoms with Crippen LogP contribution in [0, 0.1) is 17.8 Å². The van der Waals surface area contributed by atoms with E-state index in [0.717, 1.165) is 5.06 Å². The van der Waals surface area contributed by atoms with Gasteiger partial charge in [0.25, 0.3) is 0 Å². The van der Waals surface area contributed by atoms with Crippen LogP contribution >= 0.6 is 0 Å². The van der Waals surface area contributed by atoms with Crippen LogP contribution in [-0.4, -0.2) is 38.2 Å². The molecule has 0 spiro atoms. The van der Waals surface area contributed by atoms with E-state index in [9.17, 15) is 9.59 Å². The summed E-state index contributed by atoms with van der Waals surface area (Å²) in [4.78, 5) is 27.5. The van der Waals surface area contributed by atoms with Gasteiger partial charge in [0, 0.05) is 7.05 Å². The van der Waals surface area contributed by atoms with E-state index in [-0.39, 0.29) is 29.6 Å². The molecule has 5 nitrogen and oxygen atoms in total. The van der Waals surface area contributed by atoms with Crippen LogP contribution in [0.25, 0.3) is 0 Å². The fourth-order valence-corrected chi connectivity index (χ4v) is 1.64. The molecule has 0 saturated heterocycles. The summed E-state index contributed by atoms with van der Waals surface area (Å²) in [6.07, 6.45) is 0. The Labute approximate surface area is 82.9 Å². The van der Waals surface area contributed by atoms with E-state index >= 15 is 0 Å². The van der Waals surface area contributed by atoms with Gasteiger partial charge in [-0.25, -0.2) is 5.06 Å². The van der Waals surface area contributed by atoms with Crippen molar-refractivity contribution in [3.05, 3.63) is 0 Å². The van der Waals surface area contributed by atoms with Crippen molar-refractivity contribution >= 4 is 11.9 Å². The molecule has 0 heterocycles. The second-order valence-corrected chi connectivity index (χ2v) is 3.45. The number of hydrogen-bond donors (Lipinski definition) is 0. The zero-order chi connectivity index (χ0) is 10.9. The van der Waals surface area contributed by atoms with Crippen molar-refractivity contribution in [2.75, 3.05) is 21.3 Å². The van der Waals surface area contributed by atoms with Crippen LogP contribution in [0.5, 0.6) is 0 Å². The van der Waals surface area contributed by atoms with Crippen molar-refractivity contribution in [3.8, 4) is 0 Å².